The van der Waals surface area contributed by atoms with Gasteiger partial charge in [-0.15, -0.1) is 13.2 Å². The molecule has 0 atom stereocenters. The van der Waals surface area contributed by atoms with E-state index in [1.807, 2.05) is 19.9 Å². The summed E-state index contributed by atoms with van der Waals surface area (Å²) in [4.78, 5) is 4.41. The highest BCUT2D eigenvalue weighted by Crippen LogP contribution is 2.34. The number of allylic oxidation sites excluding steroid dienone is 2. The number of rotatable bonds is 9. The van der Waals surface area contributed by atoms with Gasteiger partial charge in [0.1, 0.15) is 11.6 Å². The molecule has 0 fully saturated rings. The number of aliphatic hydroxyl groups excluding tert-OH is 1. The van der Waals surface area contributed by atoms with Gasteiger partial charge in [0.05, 0.1) is 6.61 Å². The normalized spacial score (nSPS) is 12.0. The number of anilines is 3. The lowest BCUT2D eigenvalue weighted by Crippen LogP contribution is -2.17. The maximum atomic E-state index is 12.3. The minimum Gasteiger partial charge on any atom is -0.406 e. The van der Waals surface area contributed by atoms with E-state index in [2.05, 4.69) is 26.4 Å². The Morgan fingerprint density at radius 2 is 1.89 bits per heavy atom. The predicted molar refractivity (Wildman–Crippen MR) is 105 cm³/mol. The first-order valence-corrected chi connectivity index (χ1v) is 9.03. The maximum absolute atomic E-state index is 12.3. The molecule has 2 rings (SSSR count). The summed E-state index contributed by atoms with van der Waals surface area (Å²) in [5, 5.41) is 15.5. The molecule has 0 amide bonds. The Morgan fingerprint density at radius 1 is 1.18 bits per heavy atom. The number of nitrogens with zero attached hydrogens (tertiary/aromatic N) is 1. The molecule has 1 aromatic carbocycles. The lowest BCUT2D eigenvalue weighted by Gasteiger charge is -2.18. The van der Waals surface area contributed by atoms with Gasteiger partial charge in [0.15, 0.2) is 0 Å². The lowest BCUT2D eigenvalue weighted by molar-refractivity contribution is -0.274. The summed E-state index contributed by atoms with van der Waals surface area (Å²) >= 11 is 0. The van der Waals surface area contributed by atoms with Crippen molar-refractivity contribution in [2.75, 3.05) is 23.8 Å². The van der Waals surface area contributed by atoms with Gasteiger partial charge in [-0.2, -0.15) is 0 Å². The summed E-state index contributed by atoms with van der Waals surface area (Å²) in [5.74, 6) is 0.290. The molecular weight excluding hydrogens is 371 g/mol. The van der Waals surface area contributed by atoms with Crippen molar-refractivity contribution in [2.45, 2.75) is 33.1 Å². The number of aliphatic hydroxyl groups is 1. The van der Waals surface area contributed by atoms with Gasteiger partial charge in [-0.3, -0.25) is 0 Å². The van der Waals surface area contributed by atoms with E-state index in [1.165, 1.54) is 24.3 Å². The molecule has 0 aliphatic carbocycles. The predicted octanol–water partition coefficient (Wildman–Crippen LogP) is 5.33. The van der Waals surface area contributed by atoms with Crippen LogP contribution >= 0.6 is 0 Å². The molecular formula is C20H24F3N3O2. The molecule has 0 bridgehead atoms. The number of aromatic nitrogens is 1. The zero-order valence-corrected chi connectivity index (χ0v) is 15.8. The van der Waals surface area contributed by atoms with Crippen molar-refractivity contribution >= 4 is 22.8 Å². The minimum atomic E-state index is -4.72. The van der Waals surface area contributed by atoms with E-state index < -0.39 is 6.36 Å². The molecule has 5 nitrogen and oxygen atoms in total. The Balaban J connectivity index is 2.35. The summed E-state index contributed by atoms with van der Waals surface area (Å²) in [6, 6.07) is 7.30. The second-order valence-corrected chi connectivity index (χ2v) is 5.92. The van der Waals surface area contributed by atoms with Crippen molar-refractivity contribution in [1.29, 1.82) is 0 Å². The van der Waals surface area contributed by atoms with Crippen LogP contribution in [0, 0.1) is 0 Å². The van der Waals surface area contributed by atoms with E-state index in [0.717, 1.165) is 29.7 Å². The summed E-state index contributed by atoms with van der Waals surface area (Å²) in [6.07, 6.45) is 0.636. The van der Waals surface area contributed by atoms with Crippen LogP contribution in [0.25, 0.3) is 5.57 Å². The number of alkyl halides is 3. The van der Waals surface area contributed by atoms with Crippen LogP contribution in [0.5, 0.6) is 5.75 Å². The fourth-order valence-electron chi connectivity index (χ4n) is 2.77. The van der Waals surface area contributed by atoms with Crippen LogP contribution in [0.1, 0.15) is 32.3 Å². The van der Waals surface area contributed by atoms with Crippen LogP contribution in [0.15, 0.2) is 42.6 Å². The van der Waals surface area contributed by atoms with Gasteiger partial charge in [0, 0.05) is 29.7 Å². The van der Waals surface area contributed by atoms with Crippen molar-refractivity contribution in [3.8, 4) is 5.75 Å². The third-order valence-corrected chi connectivity index (χ3v) is 3.88. The van der Waals surface area contributed by atoms with Gasteiger partial charge in [0.2, 0.25) is 0 Å². The van der Waals surface area contributed by atoms with Gasteiger partial charge >= 0.3 is 6.36 Å². The van der Waals surface area contributed by atoms with Gasteiger partial charge in [0.25, 0.3) is 0 Å². The molecule has 0 aliphatic rings. The second kappa shape index (κ2) is 9.98. The molecule has 0 saturated heterocycles. The van der Waals surface area contributed by atoms with Crippen molar-refractivity contribution in [1.82, 2.24) is 4.98 Å². The fraction of sp³-hybridized carbons (Fsp3) is 0.350. The van der Waals surface area contributed by atoms with Crippen LogP contribution in [0.4, 0.5) is 30.4 Å². The highest BCUT2D eigenvalue weighted by molar-refractivity contribution is 5.85. The molecule has 0 unspecified atom stereocenters. The molecule has 2 aromatic rings. The first-order valence-electron chi connectivity index (χ1n) is 9.03. The molecule has 1 aromatic heterocycles. The topological polar surface area (TPSA) is 66.4 Å². The van der Waals surface area contributed by atoms with E-state index in [1.54, 1.807) is 6.20 Å². The van der Waals surface area contributed by atoms with E-state index in [0.29, 0.717) is 18.1 Å². The zero-order valence-electron chi connectivity index (χ0n) is 15.8. The van der Waals surface area contributed by atoms with Gasteiger partial charge < -0.3 is 20.5 Å². The third kappa shape index (κ3) is 6.16. The number of hydrogen-bond donors (Lipinski definition) is 3. The first-order chi connectivity index (χ1) is 13.4. The number of hydrogen-bond acceptors (Lipinski definition) is 5. The monoisotopic (exact) mass is 395 g/mol. The molecule has 0 spiro atoms. The molecule has 152 valence electrons. The molecule has 28 heavy (non-hydrogen) atoms. The molecule has 0 aliphatic heterocycles. The van der Waals surface area contributed by atoms with Gasteiger partial charge in [-0.25, -0.2) is 4.98 Å². The standard InChI is InChI=1S/C20H24F3N3O2/c1-3-5-14(4-2)18-17(24-12-13-27)10-11-25-19(18)26-15-6-8-16(9-7-15)28-20(21,22)23/h5-11,27H,3-4,12-13H2,1-2H3,(H2,24,25,26)/b14-5+. The Kier molecular flexibility index (Phi) is 7.69. The minimum absolute atomic E-state index is 0.00978. The first kappa shape index (κ1) is 21.6. The van der Waals surface area contributed by atoms with Crippen LogP contribution < -0.4 is 15.4 Å². The summed E-state index contributed by atoms with van der Waals surface area (Å²) < 4.78 is 40.8. The van der Waals surface area contributed by atoms with Gasteiger partial charge in [-0.1, -0.05) is 19.9 Å². The number of nitrogens with one attached hydrogen (secondary N) is 2. The summed E-state index contributed by atoms with van der Waals surface area (Å²) in [7, 11) is 0. The molecule has 8 heteroatoms. The number of benzene rings is 1. The number of pyridine rings is 1. The van der Waals surface area contributed by atoms with Crippen LogP contribution in [-0.2, 0) is 0 Å². The van der Waals surface area contributed by atoms with E-state index in [-0.39, 0.29) is 12.4 Å². The number of ether oxygens (including phenoxy) is 1. The van der Waals surface area contributed by atoms with Crippen molar-refractivity contribution in [3.63, 3.8) is 0 Å². The van der Waals surface area contributed by atoms with E-state index in [4.69, 9.17) is 5.11 Å². The summed E-state index contributed by atoms with van der Waals surface area (Å²) in [5.41, 5.74) is 3.35. The molecule has 0 radical (unpaired) electrons. The smallest absolute Gasteiger partial charge is 0.406 e. The average molecular weight is 395 g/mol. The molecule has 0 saturated carbocycles. The van der Waals surface area contributed by atoms with Crippen molar-refractivity contribution in [3.05, 3.63) is 48.2 Å². The highest BCUT2D eigenvalue weighted by atomic mass is 19.4. The molecule has 1 heterocycles. The summed E-state index contributed by atoms with van der Waals surface area (Å²) in [6.45, 7) is 4.46. The molecule has 3 N–H and O–H groups in total. The Hall–Kier alpha value is -2.74. The van der Waals surface area contributed by atoms with Crippen molar-refractivity contribution < 1.29 is 23.0 Å². The highest BCUT2D eigenvalue weighted by Gasteiger charge is 2.31. The number of halogens is 3. The zero-order chi connectivity index (χ0) is 20.6. The van der Waals surface area contributed by atoms with E-state index >= 15 is 0 Å². The second-order valence-electron chi connectivity index (χ2n) is 5.92. The average Bonchev–Trinajstić information content (AvgIpc) is 2.65. The lowest BCUT2D eigenvalue weighted by atomic mass is 10.0. The quantitative estimate of drug-likeness (QED) is 0.535. The maximum Gasteiger partial charge on any atom is 0.573 e. The third-order valence-electron chi connectivity index (χ3n) is 3.88. The van der Waals surface area contributed by atoms with Crippen LogP contribution in [-0.4, -0.2) is 29.6 Å². The van der Waals surface area contributed by atoms with Crippen LogP contribution in [0.3, 0.4) is 0 Å². The Bertz CT molecular complexity index is 790. The van der Waals surface area contributed by atoms with Crippen LogP contribution in [0.2, 0.25) is 0 Å². The Labute approximate surface area is 162 Å². The van der Waals surface area contributed by atoms with E-state index in [9.17, 15) is 13.2 Å². The Morgan fingerprint density at radius 3 is 2.46 bits per heavy atom. The van der Waals surface area contributed by atoms with Gasteiger partial charge in [-0.05, 0) is 48.7 Å². The fourth-order valence-corrected chi connectivity index (χ4v) is 2.77. The van der Waals surface area contributed by atoms with Crippen molar-refractivity contribution in [2.24, 2.45) is 0 Å². The SMILES string of the molecule is CC/C=C(\CC)c1c(NCCO)ccnc1Nc1ccc(OC(F)(F)F)cc1. The largest absolute Gasteiger partial charge is 0.573 e.